The number of aryl methyl sites for hydroxylation is 1. The molecular formula is C24H29N3O6S. The zero-order chi connectivity index (χ0) is 24.9. The van der Waals surface area contributed by atoms with Crippen molar-refractivity contribution in [1.29, 1.82) is 5.26 Å². The van der Waals surface area contributed by atoms with Gasteiger partial charge in [0.2, 0.25) is 5.91 Å². The summed E-state index contributed by atoms with van der Waals surface area (Å²) in [5.74, 6) is 1.03. The minimum Gasteiger partial charge on any atom is -0.508 e. The Morgan fingerprint density at radius 2 is 1.94 bits per heavy atom. The average Bonchev–Trinajstić information content (AvgIpc) is 3.48. The number of nitrogens with one attached hydrogen (secondary N) is 1. The zero-order valence-corrected chi connectivity index (χ0v) is 20.0. The normalized spacial score (nSPS) is 21.9. The Morgan fingerprint density at radius 1 is 1.24 bits per heavy atom. The molecule has 0 unspecified atom stereocenters. The van der Waals surface area contributed by atoms with Gasteiger partial charge in [0.25, 0.3) is 10.1 Å². The number of hydrogen-bond acceptors (Lipinski definition) is 7. The Bertz CT molecular complexity index is 1160. The van der Waals surface area contributed by atoms with Crippen LogP contribution in [0.15, 0.2) is 47.4 Å². The molecule has 9 nitrogen and oxygen atoms in total. The molecule has 0 spiro atoms. The third-order valence-electron chi connectivity index (χ3n) is 6.09. The number of rotatable bonds is 4. The molecule has 2 fully saturated rings. The summed E-state index contributed by atoms with van der Waals surface area (Å²) in [6.45, 7) is 3.16. The molecule has 182 valence electrons. The molecule has 2 heterocycles. The van der Waals surface area contributed by atoms with Crippen LogP contribution in [-0.2, 0) is 14.9 Å². The molecular weight excluding hydrogens is 458 g/mol. The first kappa shape index (κ1) is 25.5. The lowest BCUT2D eigenvalue weighted by Gasteiger charge is -2.23. The molecule has 10 heteroatoms. The average molecular weight is 488 g/mol. The highest BCUT2D eigenvalue weighted by molar-refractivity contribution is 7.85. The van der Waals surface area contributed by atoms with E-state index in [0.717, 1.165) is 29.7 Å². The highest BCUT2D eigenvalue weighted by Crippen LogP contribution is 2.35. The predicted molar refractivity (Wildman–Crippen MR) is 125 cm³/mol. The van der Waals surface area contributed by atoms with E-state index in [1.54, 1.807) is 42.3 Å². The number of nitriles is 1. The van der Waals surface area contributed by atoms with Gasteiger partial charge in [-0.05, 0) is 56.5 Å². The zero-order valence-electron chi connectivity index (χ0n) is 19.1. The molecule has 3 atom stereocenters. The van der Waals surface area contributed by atoms with E-state index in [1.807, 2.05) is 6.92 Å². The molecule has 0 bridgehead atoms. The van der Waals surface area contributed by atoms with Crippen molar-refractivity contribution >= 4 is 16.0 Å². The Kier molecular flexibility index (Phi) is 8.15. The number of carbonyl (C=O) groups is 1. The predicted octanol–water partition coefficient (Wildman–Crippen LogP) is 2.60. The van der Waals surface area contributed by atoms with Crippen LogP contribution in [-0.4, -0.2) is 61.2 Å². The minimum absolute atomic E-state index is 0.00988. The van der Waals surface area contributed by atoms with Crippen LogP contribution in [0.1, 0.15) is 36.3 Å². The molecule has 0 saturated carbocycles. The maximum absolute atomic E-state index is 12.6. The van der Waals surface area contributed by atoms with Crippen molar-refractivity contribution in [2.75, 3.05) is 20.2 Å². The topological polar surface area (TPSA) is 140 Å². The first-order valence-corrected chi connectivity index (χ1v) is 12.4. The van der Waals surface area contributed by atoms with E-state index >= 15 is 0 Å². The third-order valence-corrected chi connectivity index (χ3v) is 6.95. The molecule has 4 rings (SSSR count). The van der Waals surface area contributed by atoms with Gasteiger partial charge in [-0.2, -0.15) is 13.7 Å². The first-order valence-electron chi connectivity index (χ1n) is 11.0. The Morgan fingerprint density at radius 3 is 2.56 bits per heavy atom. The number of methoxy groups -OCH3 is 1. The van der Waals surface area contributed by atoms with Gasteiger partial charge in [0.1, 0.15) is 17.5 Å². The number of aromatic hydroxyl groups is 1. The van der Waals surface area contributed by atoms with Crippen LogP contribution in [0.3, 0.4) is 0 Å². The number of phenolic OH excluding ortho intramolecular Hbond substituents is 1. The summed E-state index contributed by atoms with van der Waals surface area (Å²) in [6.07, 6.45) is 2.30. The molecule has 0 aliphatic carbocycles. The Labute approximate surface area is 199 Å². The molecule has 1 amide bonds. The first-order chi connectivity index (χ1) is 16.1. The van der Waals surface area contributed by atoms with Gasteiger partial charge in [0.05, 0.1) is 24.1 Å². The molecule has 34 heavy (non-hydrogen) atoms. The van der Waals surface area contributed by atoms with E-state index in [9.17, 15) is 18.3 Å². The largest absolute Gasteiger partial charge is 0.508 e. The van der Waals surface area contributed by atoms with E-state index in [1.165, 1.54) is 12.1 Å². The van der Waals surface area contributed by atoms with Gasteiger partial charge < -0.3 is 20.1 Å². The number of amides is 1. The number of hydrogen-bond donors (Lipinski definition) is 3. The fourth-order valence-corrected chi connectivity index (χ4v) is 4.76. The number of ether oxygens (including phenoxy) is 1. The number of likely N-dealkylation sites (tertiary alicyclic amines) is 1. The van der Waals surface area contributed by atoms with Crippen LogP contribution in [0.5, 0.6) is 11.5 Å². The summed E-state index contributed by atoms with van der Waals surface area (Å²) in [7, 11) is -2.42. The Hall–Kier alpha value is -3.13. The van der Waals surface area contributed by atoms with E-state index in [0.29, 0.717) is 19.5 Å². The van der Waals surface area contributed by atoms with Crippen molar-refractivity contribution in [2.45, 2.75) is 49.1 Å². The second-order valence-electron chi connectivity index (χ2n) is 8.43. The summed E-state index contributed by atoms with van der Waals surface area (Å²) < 4.78 is 34.9. The van der Waals surface area contributed by atoms with Gasteiger partial charge >= 0.3 is 0 Å². The van der Waals surface area contributed by atoms with E-state index in [2.05, 4.69) is 11.4 Å². The maximum Gasteiger partial charge on any atom is 0.294 e. The van der Waals surface area contributed by atoms with Gasteiger partial charge in [-0.3, -0.25) is 9.35 Å². The molecule has 2 aliphatic heterocycles. The maximum atomic E-state index is 12.6. The second kappa shape index (κ2) is 10.9. The second-order valence-corrected chi connectivity index (χ2v) is 9.85. The smallest absolute Gasteiger partial charge is 0.294 e. The van der Waals surface area contributed by atoms with E-state index in [4.69, 9.17) is 14.6 Å². The monoisotopic (exact) mass is 487 g/mol. The molecule has 2 aromatic carbocycles. The summed E-state index contributed by atoms with van der Waals surface area (Å²) in [4.78, 5) is 14.3. The highest BCUT2D eigenvalue weighted by Gasteiger charge is 2.38. The van der Waals surface area contributed by atoms with Crippen LogP contribution < -0.4 is 10.1 Å². The van der Waals surface area contributed by atoms with Gasteiger partial charge in [-0.15, -0.1) is 0 Å². The van der Waals surface area contributed by atoms with Crippen molar-refractivity contribution in [3.05, 3.63) is 53.6 Å². The van der Waals surface area contributed by atoms with Gasteiger partial charge in [0, 0.05) is 24.6 Å². The molecule has 0 radical (unpaired) electrons. The van der Waals surface area contributed by atoms with E-state index < -0.39 is 10.1 Å². The van der Waals surface area contributed by atoms with Crippen LogP contribution >= 0.6 is 0 Å². The van der Waals surface area contributed by atoms with Gasteiger partial charge in [-0.1, -0.05) is 17.7 Å². The SMILES string of the molecule is COc1ccc(O)cc1[C@@H]1CN[C@H](C(=O)N2CCC[C@H]2C#N)C1.Cc1ccc(S(=O)(=O)O)cc1. The molecule has 0 aromatic heterocycles. The summed E-state index contributed by atoms with van der Waals surface area (Å²) in [5, 5.41) is 22.1. The summed E-state index contributed by atoms with van der Waals surface area (Å²) in [5.41, 5.74) is 1.87. The fraction of sp³-hybridized carbons (Fsp3) is 0.417. The van der Waals surface area contributed by atoms with E-state index in [-0.39, 0.29) is 34.6 Å². The van der Waals surface area contributed by atoms with Gasteiger partial charge in [-0.25, -0.2) is 0 Å². The number of phenols is 1. The molecule has 2 aliphatic rings. The lowest BCUT2D eigenvalue weighted by atomic mass is 9.94. The van der Waals surface area contributed by atoms with Crippen molar-refractivity contribution in [1.82, 2.24) is 10.2 Å². The van der Waals surface area contributed by atoms with Crippen LogP contribution in [0, 0.1) is 18.3 Å². The van der Waals surface area contributed by atoms with Crippen LogP contribution in [0.25, 0.3) is 0 Å². The number of carbonyl (C=O) groups excluding carboxylic acids is 1. The number of benzene rings is 2. The van der Waals surface area contributed by atoms with Crippen molar-refractivity contribution in [3.63, 3.8) is 0 Å². The molecule has 3 N–H and O–H groups in total. The van der Waals surface area contributed by atoms with Crippen molar-refractivity contribution < 1.29 is 27.6 Å². The van der Waals surface area contributed by atoms with Crippen molar-refractivity contribution in [3.8, 4) is 17.6 Å². The van der Waals surface area contributed by atoms with Crippen LogP contribution in [0.2, 0.25) is 0 Å². The van der Waals surface area contributed by atoms with Gasteiger partial charge in [0.15, 0.2) is 0 Å². The Balaban J connectivity index is 0.000000248. The molecule has 2 aromatic rings. The highest BCUT2D eigenvalue weighted by atomic mass is 32.2. The quantitative estimate of drug-likeness (QED) is 0.559. The van der Waals surface area contributed by atoms with Crippen LogP contribution in [0.4, 0.5) is 0 Å². The fourth-order valence-electron chi connectivity index (χ4n) is 4.28. The summed E-state index contributed by atoms with van der Waals surface area (Å²) >= 11 is 0. The van der Waals surface area contributed by atoms with Crippen molar-refractivity contribution in [2.24, 2.45) is 0 Å². The lowest BCUT2D eigenvalue weighted by molar-refractivity contribution is -0.133. The summed E-state index contributed by atoms with van der Waals surface area (Å²) in [6, 6.07) is 12.7. The molecule has 2 saturated heterocycles. The number of nitrogens with zero attached hydrogens (tertiary/aromatic N) is 2. The third kappa shape index (κ3) is 6.05. The lowest BCUT2D eigenvalue weighted by Crippen LogP contribution is -2.45. The minimum atomic E-state index is -4.02. The standard InChI is InChI=1S/C17H21N3O3.C7H8O3S/c1-23-16-5-4-13(21)8-14(16)11-7-15(19-10-11)17(22)20-6-2-3-12(20)9-18;1-6-2-4-7(5-3-6)11(8,9)10/h4-5,8,11-12,15,19,21H,2-3,6-7,10H2,1H3;2-5H,1H3,(H,8,9,10)/t11-,12-,15-;/m0./s1.